The molecule has 3 aliphatic rings. The Morgan fingerprint density at radius 2 is 1.33 bits per heavy atom. The second kappa shape index (κ2) is 14.8. The average Bonchev–Trinajstić information content (AvgIpc) is 3.03. The minimum Gasteiger partial charge on any atom is -0.507 e. The molecule has 4 rings (SSSR count). The van der Waals surface area contributed by atoms with Crippen LogP contribution in [-0.4, -0.2) is 84.9 Å². The van der Waals surface area contributed by atoms with Crippen molar-refractivity contribution in [3.05, 3.63) is 75.5 Å². The quantitative estimate of drug-likeness (QED) is 0.239. The second-order valence-corrected chi connectivity index (χ2v) is 12.7. The molecule has 2 aliphatic heterocycles. The summed E-state index contributed by atoms with van der Waals surface area (Å²) in [5.41, 5.74) is -1.02. The predicted octanol–water partition coefficient (Wildman–Crippen LogP) is 2.32. The molecule has 1 amide bonds. The number of fused-ring (bicyclic) bond motifs is 15. The molecule has 46 heavy (non-hydrogen) atoms. The fraction of sp³-hybridized carbons (Fsp3) is 0.486. The minimum absolute atomic E-state index is 0.0586. The number of Topliss-reactive ketones (excluding diaryl/α,β-unsaturated/α-hetero) is 2. The van der Waals surface area contributed by atoms with Crippen LogP contribution in [0.4, 0.5) is 0 Å². The van der Waals surface area contributed by atoms with Crippen LogP contribution in [0, 0.1) is 36.5 Å². The third-order valence-corrected chi connectivity index (χ3v) is 9.34. The lowest BCUT2D eigenvalue weighted by Gasteiger charge is -2.37. The van der Waals surface area contributed by atoms with Crippen LogP contribution >= 0.6 is 0 Å². The minimum atomic E-state index is -1.39. The maximum Gasteiger partial charge on any atom is 0.251 e. The molecule has 250 valence electrons. The number of benzene rings is 1. The van der Waals surface area contributed by atoms with Gasteiger partial charge in [0.15, 0.2) is 11.6 Å². The van der Waals surface area contributed by atoms with Crippen molar-refractivity contribution < 1.29 is 49.8 Å². The number of aliphatic hydroxyl groups is 5. The zero-order valence-electron chi connectivity index (χ0n) is 27.2. The van der Waals surface area contributed by atoms with Gasteiger partial charge in [-0.25, -0.2) is 0 Å². The van der Waals surface area contributed by atoms with Crippen LogP contribution in [0.1, 0.15) is 78.2 Å². The van der Waals surface area contributed by atoms with Crippen LogP contribution in [0.5, 0.6) is 5.75 Å². The lowest BCUT2D eigenvalue weighted by molar-refractivity contribution is -0.116. The van der Waals surface area contributed by atoms with Crippen LogP contribution in [0.2, 0.25) is 0 Å². The Morgan fingerprint density at radius 1 is 0.761 bits per heavy atom. The Bertz CT molecular complexity index is 1520. The second-order valence-electron chi connectivity index (χ2n) is 12.7. The molecule has 7 N–H and O–H groups in total. The van der Waals surface area contributed by atoms with E-state index in [4.69, 9.17) is 0 Å². The molecule has 0 spiro atoms. The molecule has 2 heterocycles. The molecular formula is C35H45NO10. The zero-order valence-corrected chi connectivity index (χ0v) is 27.2. The van der Waals surface area contributed by atoms with Gasteiger partial charge in [-0.1, -0.05) is 52.0 Å². The third-order valence-electron chi connectivity index (χ3n) is 9.34. The van der Waals surface area contributed by atoms with Crippen LogP contribution in [0.25, 0.3) is 0 Å². The summed E-state index contributed by atoms with van der Waals surface area (Å²) in [5, 5.41) is 67.8. The van der Waals surface area contributed by atoms with Gasteiger partial charge in [-0.3, -0.25) is 19.2 Å². The summed E-state index contributed by atoms with van der Waals surface area (Å²) >= 11 is 0. The highest BCUT2D eigenvalue weighted by molar-refractivity contribution is 6.30. The third kappa shape index (κ3) is 7.29. The number of hydrogen-bond donors (Lipinski definition) is 7. The van der Waals surface area contributed by atoms with Crippen LogP contribution in [-0.2, 0) is 4.79 Å². The molecule has 0 radical (unpaired) electrons. The number of phenolic OH excluding ortho intramolecular Hbond substituents is 1. The number of aromatic hydroxyl groups is 1. The van der Waals surface area contributed by atoms with Gasteiger partial charge >= 0.3 is 0 Å². The van der Waals surface area contributed by atoms with E-state index in [2.05, 4.69) is 5.32 Å². The van der Waals surface area contributed by atoms with E-state index >= 15 is 0 Å². The molecule has 0 fully saturated rings. The fourth-order valence-electron chi connectivity index (χ4n) is 6.04. The van der Waals surface area contributed by atoms with Gasteiger partial charge in [0.05, 0.1) is 42.3 Å². The standard InChI is InChI=1S/C35H45NO10/c1-15-9-8-10-16(2)35(46)36-24-13-25(38)26-23(34(24)45)12-18(4)30(41)27(26)29(40)17(3)11-22(14-37)33(44)21(7)32(43)20(6)31(42)19(5)28(15)39/h8-13,15,19-22,28,31-33,37,39,41-44H,14H2,1-7H3,(H,36,46)/t15-,19+,20+,21-,22+,28-,31+,32-,33+/m0/s1. The van der Waals surface area contributed by atoms with Crippen molar-refractivity contribution in [3.63, 3.8) is 0 Å². The van der Waals surface area contributed by atoms with Gasteiger partial charge in [-0.2, -0.15) is 0 Å². The molecule has 11 heteroatoms. The Hall–Kier alpha value is -3.74. The van der Waals surface area contributed by atoms with Crippen molar-refractivity contribution in [1.82, 2.24) is 5.32 Å². The van der Waals surface area contributed by atoms with Gasteiger partial charge in [-0.05, 0) is 38.0 Å². The summed E-state index contributed by atoms with van der Waals surface area (Å²) in [6.07, 6.45) is 1.87. The summed E-state index contributed by atoms with van der Waals surface area (Å²) in [6.45, 7) is 10.1. The molecule has 1 aromatic rings. The largest absolute Gasteiger partial charge is 0.507 e. The number of hydrogen-bond acceptors (Lipinski definition) is 10. The van der Waals surface area contributed by atoms with Crippen molar-refractivity contribution in [2.24, 2.45) is 29.6 Å². The van der Waals surface area contributed by atoms with Crippen molar-refractivity contribution in [2.45, 2.75) is 72.9 Å². The number of aryl methyl sites for hydroxylation is 1. The maximum atomic E-state index is 13.7. The van der Waals surface area contributed by atoms with Crippen LogP contribution < -0.4 is 5.32 Å². The van der Waals surface area contributed by atoms with E-state index in [0.29, 0.717) is 0 Å². The lowest BCUT2D eigenvalue weighted by atomic mass is 9.76. The Morgan fingerprint density at radius 3 is 1.91 bits per heavy atom. The molecule has 0 saturated heterocycles. The summed E-state index contributed by atoms with van der Waals surface area (Å²) in [5.74, 6) is -7.57. The summed E-state index contributed by atoms with van der Waals surface area (Å²) < 4.78 is 0. The average molecular weight is 640 g/mol. The van der Waals surface area contributed by atoms with Gasteiger partial charge in [0, 0.05) is 52.4 Å². The number of carbonyl (C=O) groups excluding carboxylic acids is 4. The molecule has 9 atom stereocenters. The van der Waals surface area contributed by atoms with Gasteiger partial charge in [0.2, 0.25) is 5.78 Å². The van der Waals surface area contributed by atoms with Gasteiger partial charge < -0.3 is 36.0 Å². The van der Waals surface area contributed by atoms with E-state index < -0.39 is 95.2 Å². The molecule has 1 aliphatic carbocycles. The van der Waals surface area contributed by atoms with Gasteiger partial charge in [0.1, 0.15) is 5.75 Å². The SMILES string of the molecule is CC1=CC=C[C@H](C)[C@H](O)[C@@H](C)[C@@H](O)[C@@H](C)[C@H](O)[C@H](C)[C@@H](O)[C@@H](CO)C=C(C)C(=O)c2c(O)c(C)cc3c2C(=O)C=C(NC1=O)C3=O. The van der Waals surface area contributed by atoms with Crippen LogP contribution in [0.15, 0.2) is 53.3 Å². The smallest absolute Gasteiger partial charge is 0.251 e. The zero-order chi connectivity index (χ0) is 34.8. The van der Waals surface area contributed by atoms with Crippen LogP contribution in [0.3, 0.4) is 0 Å². The molecule has 1 aromatic carbocycles. The summed E-state index contributed by atoms with van der Waals surface area (Å²) in [6, 6.07) is 1.26. The summed E-state index contributed by atoms with van der Waals surface area (Å²) in [7, 11) is 0. The van der Waals surface area contributed by atoms with Gasteiger partial charge in [0.25, 0.3) is 5.91 Å². The Balaban J connectivity index is 2.19. The fourth-order valence-corrected chi connectivity index (χ4v) is 6.04. The van der Waals surface area contributed by atoms with Gasteiger partial charge in [-0.15, -0.1) is 0 Å². The first-order valence-corrected chi connectivity index (χ1v) is 15.3. The number of amides is 1. The monoisotopic (exact) mass is 639 g/mol. The molecular weight excluding hydrogens is 594 g/mol. The Labute approximate surface area is 268 Å². The maximum absolute atomic E-state index is 13.7. The molecule has 0 saturated carbocycles. The number of allylic oxidation sites excluding steroid dienone is 5. The molecule has 11 nitrogen and oxygen atoms in total. The number of ketones is 3. The van der Waals surface area contributed by atoms with Crippen molar-refractivity contribution >= 4 is 23.3 Å². The number of aliphatic hydroxyl groups excluding tert-OH is 5. The first kappa shape index (κ1) is 36.7. The predicted molar refractivity (Wildman–Crippen MR) is 170 cm³/mol. The lowest BCUT2D eigenvalue weighted by Crippen LogP contribution is -2.46. The van der Waals surface area contributed by atoms with E-state index in [1.165, 1.54) is 45.9 Å². The highest BCUT2D eigenvalue weighted by atomic mass is 16.3. The number of carbonyl (C=O) groups is 4. The number of rotatable bonds is 1. The van der Waals surface area contributed by atoms with Crippen molar-refractivity contribution in [3.8, 4) is 5.75 Å². The first-order valence-electron chi connectivity index (χ1n) is 15.3. The highest BCUT2D eigenvalue weighted by Crippen LogP contribution is 2.35. The first-order chi connectivity index (χ1) is 21.4. The summed E-state index contributed by atoms with van der Waals surface area (Å²) in [4.78, 5) is 53.5. The Kier molecular flexibility index (Phi) is 11.8. The van der Waals surface area contributed by atoms with E-state index in [-0.39, 0.29) is 33.5 Å². The topological polar surface area (TPSA) is 202 Å². The highest BCUT2D eigenvalue weighted by Gasteiger charge is 2.39. The normalized spacial score (nSPS) is 32.1. The molecule has 0 aromatic heterocycles. The van der Waals surface area contributed by atoms with E-state index in [1.807, 2.05) is 0 Å². The van der Waals surface area contributed by atoms with E-state index in [1.54, 1.807) is 32.9 Å². The van der Waals surface area contributed by atoms with Crippen molar-refractivity contribution in [2.75, 3.05) is 6.61 Å². The number of phenols is 1. The molecule has 0 unspecified atom stereocenters. The van der Waals surface area contributed by atoms with E-state index in [0.717, 1.165) is 6.08 Å². The van der Waals surface area contributed by atoms with Crippen molar-refractivity contribution in [1.29, 1.82) is 0 Å². The van der Waals surface area contributed by atoms with E-state index in [9.17, 15) is 49.8 Å². The molecule has 4 bridgehead atoms. The number of nitrogens with one attached hydrogen (secondary N) is 1.